The smallest absolute Gasteiger partial charge is 0.323 e. The molecule has 0 bridgehead atoms. The molecule has 1 unspecified atom stereocenters. The molecule has 1 atom stereocenters. The molecule has 0 aromatic rings. The van der Waals surface area contributed by atoms with Crippen molar-refractivity contribution in [2.45, 2.75) is 38.6 Å². The zero-order valence-corrected chi connectivity index (χ0v) is 8.38. The first kappa shape index (κ1) is 12.4. The zero-order valence-electron chi connectivity index (χ0n) is 8.38. The van der Waals surface area contributed by atoms with Gasteiger partial charge < -0.3 is 15.6 Å². The number of carbonyl (C=O) groups is 1. The van der Waals surface area contributed by atoms with Crippen LogP contribution in [0.2, 0.25) is 0 Å². The summed E-state index contributed by atoms with van der Waals surface area (Å²) in [4.78, 5) is 10.8. The Bertz CT molecular complexity index is 161. The fraction of sp³-hybridized carbons (Fsp3) is 0.889. The van der Waals surface area contributed by atoms with Crippen LogP contribution in [0.4, 0.5) is 0 Å². The minimum absolute atomic E-state index is 0.453. The highest BCUT2D eigenvalue weighted by atomic mass is 16.5. The molecular formula is C9H19NO3. The van der Waals surface area contributed by atoms with E-state index in [0.29, 0.717) is 32.5 Å². The molecule has 0 radical (unpaired) electrons. The summed E-state index contributed by atoms with van der Waals surface area (Å²) in [6, 6.07) is 0. The molecule has 4 heteroatoms. The van der Waals surface area contributed by atoms with Crippen LogP contribution in [0.5, 0.6) is 0 Å². The summed E-state index contributed by atoms with van der Waals surface area (Å²) in [6.45, 7) is 4.95. The van der Waals surface area contributed by atoms with E-state index in [4.69, 9.17) is 15.6 Å². The Kier molecular flexibility index (Phi) is 5.66. The second kappa shape index (κ2) is 5.94. The minimum atomic E-state index is -1.07. The number of ether oxygens (including phenoxy) is 1. The molecule has 13 heavy (non-hydrogen) atoms. The van der Waals surface area contributed by atoms with Gasteiger partial charge in [-0.3, -0.25) is 4.79 Å². The Balaban J connectivity index is 3.78. The largest absolute Gasteiger partial charge is 0.480 e. The van der Waals surface area contributed by atoms with E-state index in [1.807, 2.05) is 6.92 Å². The molecule has 0 aliphatic heterocycles. The molecule has 0 heterocycles. The van der Waals surface area contributed by atoms with Crippen molar-refractivity contribution in [2.75, 3.05) is 13.2 Å². The number of nitrogens with two attached hydrogens (primary N) is 1. The highest BCUT2D eigenvalue weighted by Gasteiger charge is 2.30. The fourth-order valence-electron chi connectivity index (χ4n) is 1.07. The molecule has 0 aliphatic rings. The SMILES string of the molecule is CCOCCCC(N)(CC)C(=O)O. The maximum absolute atomic E-state index is 10.8. The molecule has 78 valence electrons. The number of aliphatic carboxylic acids is 1. The predicted molar refractivity (Wildman–Crippen MR) is 50.6 cm³/mol. The van der Waals surface area contributed by atoms with E-state index in [2.05, 4.69) is 0 Å². The highest BCUT2D eigenvalue weighted by molar-refractivity contribution is 5.78. The third-order valence-electron chi connectivity index (χ3n) is 2.17. The fourth-order valence-corrected chi connectivity index (χ4v) is 1.07. The van der Waals surface area contributed by atoms with Gasteiger partial charge in [0.1, 0.15) is 5.54 Å². The van der Waals surface area contributed by atoms with Gasteiger partial charge in [0.2, 0.25) is 0 Å². The molecule has 4 nitrogen and oxygen atoms in total. The van der Waals surface area contributed by atoms with E-state index in [-0.39, 0.29) is 0 Å². The summed E-state index contributed by atoms with van der Waals surface area (Å²) in [6.07, 6.45) is 1.62. The second-order valence-electron chi connectivity index (χ2n) is 3.12. The van der Waals surface area contributed by atoms with E-state index in [0.717, 1.165) is 0 Å². The van der Waals surface area contributed by atoms with Gasteiger partial charge >= 0.3 is 5.97 Å². The van der Waals surface area contributed by atoms with E-state index in [1.165, 1.54) is 0 Å². The lowest BCUT2D eigenvalue weighted by Gasteiger charge is -2.22. The van der Waals surface area contributed by atoms with E-state index >= 15 is 0 Å². The van der Waals surface area contributed by atoms with Crippen LogP contribution in [0.1, 0.15) is 33.1 Å². The van der Waals surface area contributed by atoms with Gasteiger partial charge in [0.15, 0.2) is 0 Å². The van der Waals surface area contributed by atoms with Crippen molar-refractivity contribution >= 4 is 5.97 Å². The summed E-state index contributed by atoms with van der Waals surface area (Å²) in [5, 5.41) is 8.82. The van der Waals surface area contributed by atoms with Gasteiger partial charge in [0.25, 0.3) is 0 Å². The quantitative estimate of drug-likeness (QED) is 0.586. The van der Waals surface area contributed by atoms with Crippen molar-refractivity contribution in [3.63, 3.8) is 0 Å². The average molecular weight is 189 g/mol. The van der Waals surface area contributed by atoms with Crippen LogP contribution in [0.15, 0.2) is 0 Å². The van der Waals surface area contributed by atoms with Crippen molar-refractivity contribution in [2.24, 2.45) is 5.73 Å². The summed E-state index contributed by atoms with van der Waals surface area (Å²) in [5.41, 5.74) is 4.59. The molecule has 0 saturated heterocycles. The summed E-state index contributed by atoms with van der Waals surface area (Å²) in [7, 11) is 0. The van der Waals surface area contributed by atoms with Gasteiger partial charge in [-0.25, -0.2) is 0 Å². The van der Waals surface area contributed by atoms with Crippen LogP contribution in [-0.4, -0.2) is 29.8 Å². The Labute approximate surface area is 79.1 Å². The summed E-state index contributed by atoms with van der Waals surface area (Å²) < 4.78 is 5.10. The van der Waals surface area contributed by atoms with Crippen molar-refractivity contribution in [3.8, 4) is 0 Å². The first-order valence-corrected chi connectivity index (χ1v) is 4.67. The summed E-state index contributed by atoms with van der Waals surface area (Å²) >= 11 is 0. The Morgan fingerprint density at radius 2 is 2.15 bits per heavy atom. The van der Waals surface area contributed by atoms with Crippen LogP contribution in [0.25, 0.3) is 0 Å². The average Bonchev–Trinajstić information content (AvgIpc) is 2.12. The standard InChI is InChI=1S/C9H19NO3/c1-3-9(10,8(11)12)6-5-7-13-4-2/h3-7,10H2,1-2H3,(H,11,12). The molecule has 0 rings (SSSR count). The van der Waals surface area contributed by atoms with E-state index in [9.17, 15) is 4.79 Å². The van der Waals surface area contributed by atoms with Crippen LogP contribution in [-0.2, 0) is 9.53 Å². The van der Waals surface area contributed by atoms with Crippen LogP contribution >= 0.6 is 0 Å². The van der Waals surface area contributed by atoms with Gasteiger partial charge in [-0.15, -0.1) is 0 Å². The molecule has 0 spiro atoms. The maximum Gasteiger partial charge on any atom is 0.323 e. The number of hydrogen-bond acceptors (Lipinski definition) is 3. The molecule has 3 N–H and O–H groups in total. The van der Waals surface area contributed by atoms with Gasteiger partial charge in [-0.1, -0.05) is 6.92 Å². The predicted octanol–water partition coefficient (Wildman–Crippen LogP) is 0.995. The normalized spacial score (nSPS) is 15.3. The Morgan fingerprint density at radius 3 is 2.54 bits per heavy atom. The lowest BCUT2D eigenvalue weighted by atomic mass is 9.92. The molecule has 0 saturated carbocycles. The monoisotopic (exact) mass is 189 g/mol. The Hall–Kier alpha value is -0.610. The first-order chi connectivity index (χ1) is 6.06. The Morgan fingerprint density at radius 1 is 1.54 bits per heavy atom. The third-order valence-corrected chi connectivity index (χ3v) is 2.17. The molecule has 0 fully saturated rings. The number of hydrogen-bond donors (Lipinski definition) is 2. The third kappa shape index (κ3) is 4.24. The topological polar surface area (TPSA) is 72.5 Å². The second-order valence-corrected chi connectivity index (χ2v) is 3.12. The molecule has 0 aromatic heterocycles. The lowest BCUT2D eigenvalue weighted by molar-refractivity contribution is -0.143. The van der Waals surface area contributed by atoms with Crippen molar-refractivity contribution < 1.29 is 14.6 Å². The molecule has 0 aliphatic carbocycles. The van der Waals surface area contributed by atoms with E-state index < -0.39 is 11.5 Å². The van der Waals surface area contributed by atoms with Gasteiger partial charge in [0, 0.05) is 13.2 Å². The lowest BCUT2D eigenvalue weighted by Crippen LogP contribution is -2.47. The number of rotatable bonds is 7. The molecular weight excluding hydrogens is 170 g/mol. The van der Waals surface area contributed by atoms with Crippen molar-refractivity contribution in [1.29, 1.82) is 0 Å². The number of carboxylic acids is 1. The number of carboxylic acid groups (broad SMARTS) is 1. The summed E-state index contributed by atoms with van der Waals surface area (Å²) in [5.74, 6) is -0.925. The maximum atomic E-state index is 10.8. The van der Waals surface area contributed by atoms with Crippen molar-refractivity contribution in [3.05, 3.63) is 0 Å². The van der Waals surface area contributed by atoms with Gasteiger partial charge in [0.05, 0.1) is 0 Å². The minimum Gasteiger partial charge on any atom is -0.480 e. The van der Waals surface area contributed by atoms with Gasteiger partial charge in [-0.2, -0.15) is 0 Å². The zero-order chi connectivity index (χ0) is 10.3. The molecule has 0 amide bonds. The van der Waals surface area contributed by atoms with Crippen LogP contribution < -0.4 is 5.73 Å². The van der Waals surface area contributed by atoms with Crippen LogP contribution in [0.3, 0.4) is 0 Å². The van der Waals surface area contributed by atoms with E-state index in [1.54, 1.807) is 6.92 Å². The molecule has 0 aromatic carbocycles. The first-order valence-electron chi connectivity index (χ1n) is 4.67. The van der Waals surface area contributed by atoms with Crippen molar-refractivity contribution in [1.82, 2.24) is 0 Å². The van der Waals surface area contributed by atoms with Crippen LogP contribution in [0, 0.1) is 0 Å². The van der Waals surface area contributed by atoms with Gasteiger partial charge in [-0.05, 0) is 26.2 Å². The highest BCUT2D eigenvalue weighted by Crippen LogP contribution is 2.14.